The lowest BCUT2D eigenvalue weighted by Crippen LogP contribution is -2.47. The van der Waals surface area contributed by atoms with Crippen molar-refractivity contribution in [3.05, 3.63) is 40.6 Å². The summed E-state index contributed by atoms with van der Waals surface area (Å²) in [4.78, 5) is 23.7. The zero-order chi connectivity index (χ0) is 15.2. The van der Waals surface area contributed by atoms with Crippen molar-refractivity contribution >= 4 is 35.9 Å². The number of aliphatic carboxylic acids is 1. The van der Waals surface area contributed by atoms with Crippen LogP contribution in [0.2, 0.25) is 0 Å². The van der Waals surface area contributed by atoms with Gasteiger partial charge in [0.15, 0.2) is 0 Å². The minimum Gasteiger partial charge on any atom is -0.478 e. The molecule has 0 bridgehead atoms. The lowest BCUT2D eigenvalue weighted by Gasteiger charge is -2.18. The minimum absolute atomic E-state index is 0.0536. The van der Waals surface area contributed by atoms with Crippen LogP contribution < -0.4 is 5.32 Å². The number of carboxylic acids is 1. The highest BCUT2D eigenvalue weighted by Crippen LogP contribution is 2.21. The van der Waals surface area contributed by atoms with Crippen LogP contribution in [-0.2, 0) is 14.2 Å². The Hall–Kier alpha value is -1.90. The van der Waals surface area contributed by atoms with E-state index in [1.54, 1.807) is 29.7 Å². The molecule has 8 heteroatoms. The Bertz CT molecular complexity index is 569. The van der Waals surface area contributed by atoms with Crippen LogP contribution in [0.4, 0.5) is 0 Å². The molecule has 21 heavy (non-hydrogen) atoms. The third-order valence-corrected chi connectivity index (χ3v) is 3.78. The molecule has 0 aromatic carbocycles. The topological polar surface area (TPSA) is 95.9 Å². The Labute approximate surface area is 125 Å². The Morgan fingerprint density at radius 1 is 1.48 bits per heavy atom. The first kappa shape index (κ1) is 15.5. The maximum absolute atomic E-state index is 12.3. The van der Waals surface area contributed by atoms with Crippen LogP contribution in [0.1, 0.15) is 11.3 Å². The lowest BCUT2D eigenvalue weighted by molar-refractivity contribution is -0.131. The number of nitrogens with one attached hydrogen (secondary N) is 1. The highest BCUT2D eigenvalue weighted by Gasteiger charge is 2.30. The zero-order valence-corrected chi connectivity index (χ0v) is 11.9. The van der Waals surface area contributed by atoms with Gasteiger partial charge in [0.1, 0.15) is 0 Å². The van der Waals surface area contributed by atoms with E-state index < -0.39 is 24.9 Å². The van der Waals surface area contributed by atoms with Crippen LogP contribution in [0.25, 0.3) is 5.57 Å². The molecule has 1 aromatic rings. The number of hydrogen-bond donors (Lipinski definition) is 3. The molecule has 0 radical (unpaired) electrons. The lowest BCUT2D eigenvalue weighted by atomic mass is 9.77. The van der Waals surface area contributed by atoms with Gasteiger partial charge in [0.05, 0.1) is 11.5 Å². The summed E-state index contributed by atoms with van der Waals surface area (Å²) in [5.41, 5.74) is 0.0536. The Morgan fingerprint density at radius 3 is 2.95 bits per heavy atom. The molecule has 1 aromatic heterocycles. The number of thiophene rings is 1. The van der Waals surface area contributed by atoms with Crippen LogP contribution in [0.5, 0.6) is 0 Å². The van der Waals surface area contributed by atoms with Gasteiger partial charge in [0.2, 0.25) is 0 Å². The van der Waals surface area contributed by atoms with E-state index in [4.69, 9.17) is 9.76 Å². The smallest absolute Gasteiger partial charge is 0.478 e. The van der Waals surface area contributed by atoms with Gasteiger partial charge in [0.25, 0.3) is 5.91 Å². The summed E-state index contributed by atoms with van der Waals surface area (Å²) in [7, 11) is -1.13. The second-order valence-corrected chi connectivity index (χ2v) is 5.33. The third kappa shape index (κ3) is 4.28. The highest BCUT2D eigenvalue weighted by atomic mass is 32.1. The first-order valence-corrected chi connectivity index (χ1v) is 7.20. The normalized spacial score (nSPS) is 19.2. The Kier molecular flexibility index (Phi) is 5.32. The summed E-state index contributed by atoms with van der Waals surface area (Å²) in [6.07, 6.45) is 4.83. The first-order chi connectivity index (χ1) is 10.1. The molecule has 0 saturated carbocycles. The number of rotatable bonds is 4. The molecule has 0 spiro atoms. The van der Waals surface area contributed by atoms with E-state index in [0.717, 1.165) is 6.08 Å². The van der Waals surface area contributed by atoms with Crippen LogP contribution >= 0.6 is 11.3 Å². The second kappa shape index (κ2) is 7.21. The summed E-state index contributed by atoms with van der Waals surface area (Å²) in [6.45, 7) is 0.274. The molecule has 1 aliphatic heterocycles. The van der Waals surface area contributed by atoms with E-state index in [1.165, 1.54) is 11.3 Å². The number of hydrogen-bond acceptors (Lipinski definition) is 5. The summed E-state index contributed by atoms with van der Waals surface area (Å²) in [5.74, 6) is -2.37. The van der Waals surface area contributed by atoms with Crippen LogP contribution in [-0.4, -0.2) is 41.7 Å². The van der Waals surface area contributed by atoms with Crippen molar-refractivity contribution < 1.29 is 24.4 Å². The summed E-state index contributed by atoms with van der Waals surface area (Å²) in [6, 6.07) is 3.40. The Morgan fingerprint density at radius 2 is 2.29 bits per heavy atom. The Balaban J connectivity index is 2.15. The number of amides is 1. The number of carbonyl (C=O) groups excluding carboxylic acids is 1. The molecule has 0 fully saturated rings. The van der Waals surface area contributed by atoms with E-state index in [-0.39, 0.29) is 12.2 Å². The molecular formula is C13H14BNO5S. The fourth-order valence-electron chi connectivity index (χ4n) is 1.88. The third-order valence-electron chi connectivity index (χ3n) is 2.88. The van der Waals surface area contributed by atoms with E-state index >= 15 is 0 Å². The van der Waals surface area contributed by atoms with Crippen molar-refractivity contribution in [3.8, 4) is 0 Å². The summed E-state index contributed by atoms with van der Waals surface area (Å²) < 4.78 is 5.09. The average Bonchev–Trinajstić information content (AvgIpc) is 2.89. The molecule has 1 amide bonds. The zero-order valence-electron chi connectivity index (χ0n) is 11.1. The standard InChI is InChI=1S/C13H14BNO5S/c16-12(17)8-9(10-4-3-7-21-10)13(18)15-11-5-1-2-6-20-14(11)19/h1-4,7-8,11,19H,5-6H2,(H,15,18)(H,16,17)/b9-8+. The van der Waals surface area contributed by atoms with Crippen molar-refractivity contribution in [1.29, 1.82) is 0 Å². The van der Waals surface area contributed by atoms with Crippen molar-refractivity contribution in [3.63, 3.8) is 0 Å². The van der Waals surface area contributed by atoms with Gasteiger partial charge in [-0.15, -0.1) is 11.3 Å². The molecule has 1 aliphatic rings. The quantitative estimate of drug-likeness (QED) is 0.432. The maximum atomic E-state index is 12.3. The van der Waals surface area contributed by atoms with E-state index in [2.05, 4.69) is 5.32 Å². The second-order valence-electron chi connectivity index (χ2n) is 4.38. The van der Waals surface area contributed by atoms with Crippen LogP contribution in [0, 0.1) is 0 Å². The SMILES string of the molecule is O=C(O)/C=C(/C(=O)NC1CC=CCOB1O)c1cccs1. The predicted octanol–water partition coefficient (Wildman–Crippen LogP) is 0.697. The van der Waals surface area contributed by atoms with Crippen molar-refractivity contribution in [1.82, 2.24) is 5.32 Å². The molecule has 1 atom stereocenters. The van der Waals surface area contributed by atoms with Gasteiger partial charge < -0.3 is 20.1 Å². The summed E-state index contributed by atoms with van der Waals surface area (Å²) in [5, 5.41) is 23.0. The minimum atomic E-state index is -1.20. The summed E-state index contributed by atoms with van der Waals surface area (Å²) >= 11 is 1.27. The van der Waals surface area contributed by atoms with E-state index in [0.29, 0.717) is 11.3 Å². The fraction of sp³-hybridized carbons (Fsp3) is 0.231. The van der Waals surface area contributed by atoms with Gasteiger partial charge in [0, 0.05) is 17.6 Å². The fourth-order valence-corrected chi connectivity index (χ4v) is 2.62. The highest BCUT2D eigenvalue weighted by molar-refractivity contribution is 7.11. The molecule has 6 nitrogen and oxygen atoms in total. The largest absolute Gasteiger partial charge is 0.478 e. The van der Waals surface area contributed by atoms with Crippen LogP contribution in [0.15, 0.2) is 35.7 Å². The predicted molar refractivity (Wildman–Crippen MR) is 79.5 cm³/mol. The molecule has 2 heterocycles. The van der Waals surface area contributed by atoms with Gasteiger partial charge >= 0.3 is 13.1 Å². The van der Waals surface area contributed by atoms with E-state index in [1.807, 2.05) is 0 Å². The van der Waals surface area contributed by atoms with E-state index in [9.17, 15) is 14.6 Å². The maximum Gasteiger partial charge on any atom is 0.478 e. The van der Waals surface area contributed by atoms with Gasteiger partial charge in [-0.25, -0.2) is 4.79 Å². The van der Waals surface area contributed by atoms with Gasteiger partial charge in [-0.3, -0.25) is 4.79 Å². The molecule has 3 N–H and O–H groups in total. The first-order valence-electron chi connectivity index (χ1n) is 6.32. The molecule has 2 rings (SSSR count). The van der Waals surface area contributed by atoms with Crippen molar-refractivity contribution in [2.45, 2.75) is 12.4 Å². The average molecular weight is 307 g/mol. The van der Waals surface area contributed by atoms with Crippen molar-refractivity contribution in [2.24, 2.45) is 0 Å². The number of carbonyl (C=O) groups is 2. The number of carboxylic acid groups (broad SMARTS) is 1. The van der Waals surface area contributed by atoms with Gasteiger partial charge in [-0.2, -0.15) is 0 Å². The molecular weight excluding hydrogens is 293 g/mol. The molecule has 1 unspecified atom stereocenters. The monoisotopic (exact) mass is 307 g/mol. The molecule has 0 saturated heterocycles. The molecule has 0 aliphatic carbocycles. The van der Waals surface area contributed by atoms with Crippen LogP contribution in [0.3, 0.4) is 0 Å². The van der Waals surface area contributed by atoms with Gasteiger partial charge in [-0.1, -0.05) is 18.2 Å². The molecule has 110 valence electrons. The van der Waals surface area contributed by atoms with Crippen molar-refractivity contribution in [2.75, 3.05) is 6.61 Å². The van der Waals surface area contributed by atoms with Gasteiger partial charge in [-0.05, 0) is 17.9 Å².